The van der Waals surface area contributed by atoms with Crippen molar-refractivity contribution in [1.82, 2.24) is 0 Å². The monoisotopic (exact) mass is 458 g/mol. The van der Waals surface area contributed by atoms with Crippen LogP contribution < -0.4 is 4.74 Å². The molecule has 0 aliphatic carbocycles. The molecule has 0 amide bonds. The summed E-state index contributed by atoms with van der Waals surface area (Å²) in [5.41, 5.74) is 4.16. The number of carboxylic acid groups (broad SMARTS) is 1. The van der Waals surface area contributed by atoms with Crippen molar-refractivity contribution in [3.8, 4) is 28.4 Å². The summed E-state index contributed by atoms with van der Waals surface area (Å²) < 4.78 is 5.93. The molecule has 6 heteroatoms. The Bertz CT molecular complexity index is 1120. The van der Waals surface area contributed by atoms with Crippen molar-refractivity contribution in [1.29, 1.82) is 0 Å². The predicted octanol–water partition coefficient (Wildman–Crippen LogP) is 7.39. The average Bonchev–Trinajstić information content (AvgIpc) is 2.65. The Kier molecular flexibility index (Phi) is 6.54. The van der Waals surface area contributed by atoms with Crippen LogP contribution in [0.5, 0.6) is 17.2 Å². The third-order valence-electron chi connectivity index (χ3n) is 5.00. The number of hydrogen-bond donors (Lipinski definition) is 2. The number of hydrogen-bond acceptors (Lipinski definition) is 3. The van der Waals surface area contributed by atoms with E-state index in [0.717, 1.165) is 16.7 Å². The number of phenolic OH excluding ortho intramolecular Hbond substituents is 1. The van der Waals surface area contributed by atoms with E-state index in [-0.39, 0.29) is 33.4 Å². The first-order valence-electron chi connectivity index (χ1n) is 9.78. The molecule has 3 rings (SSSR count). The summed E-state index contributed by atoms with van der Waals surface area (Å²) in [5, 5.41) is 19.9. The zero-order chi connectivity index (χ0) is 22.9. The van der Waals surface area contributed by atoms with E-state index in [0.29, 0.717) is 16.9 Å². The molecule has 162 valence electrons. The van der Waals surface area contributed by atoms with Crippen molar-refractivity contribution < 1.29 is 19.7 Å². The molecule has 3 aromatic carbocycles. The summed E-state index contributed by atoms with van der Waals surface area (Å²) in [7, 11) is 0. The number of aliphatic carboxylic acids is 1. The minimum atomic E-state index is -0.975. The number of carbonyl (C=O) groups is 1. The molecule has 0 saturated heterocycles. The lowest BCUT2D eigenvalue weighted by Crippen LogP contribution is -2.11. The smallest absolute Gasteiger partial charge is 0.307 e. The number of aryl methyl sites for hydroxylation is 1. The van der Waals surface area contributed by atoms with Gasteiger partial charge >= 0.3 is 5.97 Å². The SMILES string of the molecule is Cc1ccc(C(C)(C)C)cc1-c1cc(Oc2c(Cl)cc(CC(=O)O)cc2Cl)ccc1O. The maximum Gasteiger partial charge on any atom is 0.307 e. The van der Waals surface area contributed by atoms with Gasteiger partial charge in [-0.3, -0.25) is 4.79 Å². The van der Waals surface area contributed by atoms with Gasteiger partial charge in [-0.25, -0.2) is 0 Å². The lowest BCUT2D eigenvalue weighted by atomic mass is 9.84. The Hall–Kier alpha value is -2.69. The van der Waals surface area contributed by atoms with E-state index < -0.39 is 5.97 Å². The van der Waals surface area contributed by atoms with Crippen molar-refractivity contribution in [3.63, 3.8) is 0 Å². The summed E-state index contributed by atoms with van der Waals surface area (Å²) in [4.78, 5) is 10.9. The summed E-state index contributed by atoms with van der Waals surface area (Å²) in [6, 6.07) is 14.2. The number of carboxylic acids is 1. The number of benzene rings is 3. The maximum atomic E-state index is 10.9. The van der Waals surface area contributed by atoms with Crippen LogP contribution in [0.1, 0.15) is 37.5 Å². The maximum absolute atomic E-state index is 10.9. The zero-order valence-electron chi connectivity index (χ0n) is 17.8. The fraction of sp³-hybridized carbons (Fsp3) is 0.240. The fourth-order valence-corrected chi connectivity index (χ4v) is 3.89. The van der Waals surface area contributed by atoms with Crippen LogP contribution in [0.3, 0.4) is 0 Å². The summed E-state index contributed by atoms with van der Waals surface area (Å²) in [6.07, 6.45) is -0.188. The van der Waals surface area contributed by atoms with Crippen molar-refractivity contribution >= 4 is 29.2 Å². The van der Waals surface area contributed by atoms with Gasteiger partial charge in [-0.05, 0) is 64.9 Å². The van der Waals surface area contributed by atoms with Gasteiger partial charge in [0.25, 0.3) is 0 Å². The molecule has 0 aliphatic rings. The second kappa shape index (κ2) is 8.81. The predicted molar refractivity (Wildman–Crippen MR) is 125 cm³/mol. The Morgan fingerprint density at radius 3 is 2.19 bits per heavy atom. The summed E-state index contributed by atoms with van der Waals surface area (Å²) in [5.74, 6) is -0.162. The van der Waals surface area contributed by atoms with Crippen LogP contribution in [0.4, 0.5) is 0 Å². The zero-order valence-corrected chi connectivity index (χ0v) is 19.3. The Morgan fingerprint density at radius 2 is 1.61 bits per heavy atom. The van der Waals surface area contributed by atoms with Gasteiger partial charge in [0.05, 0.1) is 16.5 Å². The topological polar surface area (TPSA) is 66.8 Å². The minimum absolute atomic E-state index is 0.0368. The normalized spacial score (nSPS) is 11.4. The van der Waals surface area contributed by atoms with Gasteiger partial charge in [0, 0.05) is 5.56 Å². The van der Waals surface area contributed by atoms with Gasteiger partial charge in [-0.15, -0.1) is 0 Å². The molecular weight excluding hydrogens is 435 g/mol. The van der Waals surface area contributed by atoms with E-state index in [1.165, 1.54) is 12.1 Å². The van der Waals surface area contributed by atoms with Crippen LogP contribution in [-0.4, -0.2) is 16.2 Å². The molecule has 0 saturated carbocycles. The molecule has 31 heavy (non-hydrogen) atoms. The van der Waals surface area contributed by atoms with Crippen molar-refractivity contribution in [2.24, 2.45) is 0 Å². The number of ether oxygens (including phenoxy) is 1. The molecule has 3 aromatic rings. The number of phenols is 1. The molecule has 0 radical (unpaired) electrons. The van der Waals surface area contributed by atoms with E-state index in [1.807, 2.05) is 13.0 Å². The fourth-order valence-electron chi connectivity index (χ4n) is 3.28. The molecule has 0 aliphatic heterocycles. The third kappa shape index (κ3) is 5.33. The number of halogens is 2. The van der Waals surface area contributed by atoms with Crippen LogP contribution in [0.15, 0.2) is 48.5 Å². The van der Waals surface area contributed by atoms with E-state index >= 15 is 0 Å². The van der Waals surface area contributed by atoms with E-state index in [4.69, 9.17) is 33.0 Å². The van der Waals surface area contributed by atoms with Gasteiger partial charge < -0.3 is 14.9 Å². The highest BCUT2D eigenvalue weighted by Gasteiger charge is 2.18. The number of rotatable bonds is 5. The van der Waals surface area contributed by atoms with Crippen molar-refractivity contribution in [3.05, 3.63) is 75.3 Å². The van der Waals surface area contributed by atoms with Crippen LogP contribution in [0, 0.1) is 6.92 Å². The standard InChI is InChI=1S/C25H24Cl2O4/c1-14-5-6-16(25(2,3)4)12-18(14)19-13-17(7-8-22(19)28)31-24-20(26)9-15(10-21(24)27)11-23(29)30/h5-10,12-13,28H,11H2,1-4H3,(H,29,30). The molecule has 0 bridgehead atoms. The highest BCUT2D eigenvalue weighted by Crippen LogP contribution is 2.41. The third-order valence-corrected chi connectivity index (χ3v) is 5.56. The van der Waals surface area contributed by atoms with Gasteiger partial charge in [-0.2, -0.15) is 0 Å². The van der Waals surface area contributed by atoms with E-state index in [2.05, 4.69) is 32.9 Å². The van der Waals surface area contributed by atoms with E-state index in [1.54, 1.807) is 18.2 Å². The lowest BCUT2D eigenvalue weighted by molar-refractivity contribution is -0.136. The quantitative estimate of drug-likeness (QED) is 0.418. The molecule has 0 heterocycles. The van der Waals surface area contributed by atoms with Crippen LogP contribution in [0.2, 0.25) is 10.0 Å². The molecule has 0 unspecified atom stereocenters. The van der Waals surface area contributed by atoms with Crippen molar-refractivity contribution in [2.45, 2.75) is 39.5 Å². The first-order valence-corrected chi connectivity index (χ1v) is 10.5. The Balaban J connectivity index is 2.01. The first kappa shape index (κ1) is 23.0. The summed E-state index contributed by atoms with van der Waals surface area (Å²) in [6.45, 7) is 8.40. The van der Waals surface area contributed by atoms with Gasteiger partial charge in [0.1, 0.15) is 11.5 Å². The van der Waals surface area contributed by atoms with Crippen LogP contribution in [0.25, 0.3) is 11.1 Å². The highest BCUT2D eigenvalue weighted by atomic mass is 35.5. The van der Waals surface area contributed by atoms with Gasteiger partial charge in [0.15, 0.2) is 5.75 Å². The molecule has 0 aromatic heterocycles. The van der Waals surface area contributed by atoms with E-state index in [9.17, 15) is 9.90 Å². The van der Waals surface area contributed by atoms with Crippen LogP contribution >= 0.6 is 23.2 Å². The molecule has 0 spiro atoms. The second-order valence-electron chi connectivity index (χ2n) is 8.52. The second-order valence-corrected chi connectivity index (χ2v) is 9.33. The first-order chi connectivity index (χ1) is 14.5. The van der Waals surface area contributed by atoms with Gasteiger partial charge in [-0.1, -0.05) is 62.2 Å². The molecule has 4 nitrogen and oxygen atoms in total. The highest BCUT2D eigenvalue weighted by molar-refractivity contribution is 6.37. The lowest BCUT2D eigenvalue weighted by Gasteiger charge is -2.21. The largest absolute Gasteiger partial charge is 0.507 e. The number of aromatic hydroxyl groups is 1. The average molecular weight is 459 g/mol. The molecule has 0 atom stereocenters. The molecule has 0 fully saturated rings. The molecule has 2 N–H and O–H groups in total. The minimum Gasteiger partial charge on any atom is -0.507 e. The Morgan fingerprint density at radius 1 is 0.968 bits per heavy atom. The molecular formula is C25H24Cl2O4. The van der Waals surface area contributed by atoms with Crippen molar-refractivity contribution in [2.75, 3.05) is 0 Å². The Labute approximate surface area is 192 Å². The van der Waals surface area contributed by atoms with Gasteiger partial charge in [0.2, 0.25) is 0 Å². The summed E-state index contributed by atoms with van der Waals surface area (Å²) >= 11 is 12.6. The van der Waals surface area contributed by atoms with Crippen LogP contribution in [-0.2, 0) is 16.6 Å².